The molecule has 0 fully saturated rings. The smallest absolute Gasteiger partial charge is 0.256 e. The molecule has 0 bridgehead atoms. The molecule has 0 aromatic heterocycles. The molecule has 0 spiro atoms. The Morgan fingerprint density at radius 1 is 1.17 bits per heavy atom. The maximum absolute atomic E-state index is 11.0. The Kier molecular flexibility index (Phi) is 2.60. The van der Waals surface area contributed by atoms with Crippen molar-refractivity contribution in [3.63, 3.8) is 0 Å². The van der Waals surface area contributed by atoms with Gasteiger partial charge >= 0.3 is 0 Å². The van der Waals surface area contributed by atoms with Crippen LogP contribution in [0.3, 0.4) is 0 Å². The highest BCUT2D eigenvalue weighted by molar-refractivity contribution is 8.39. The average molecular weight is 202 g/mol. The van der Waals surface area contributed by atoms with Crippen LogP contribution in [0.1, 0.15) is 5.56 Å². The topological polar surface area (TPSA) is 51.2 Å². The van der Waals surface area contributed by atoms with Crippen LogP contribution < -0.4 is 0 Å². The normalized spacial score (nSPS) is 11.8. The van der Waals surface area contributed by atoms with E-state index in [1.165, 1.54) is 12.1 Å². The van der Waals surface area contributed by atoms with E-state index in [9.17, 15) is 13.0 Å². The Morgan fingerprint density at radius 3 is 2.08 bits per heavy atom. The number of hydrogen-bond donors (Lipinski definition) is 0. The third kappa shape index (κ3) is 1.90. The predicted molar refractivity (Wildman–Crippen MR) is 46.0 cm³/mol. The van der Waals surface area contributed by atoms with Gasteiger partial charge in [-0.3, -0.25) is 4.57 Å². The zero-order chi connectivity index (χ0) is 9.19. The SMILES string of the molecule is Cc1ccc(S(=O)(=O)P=O)cc1. The predicted octanol–water partition coefficient (Wildman–Crippen LogP) is 1.98. The van der Waals surface area contributed by atoms with Gasteiger partial charge in [-0.2, -0.15) is 0 Å². The van der Waals surface area contributed by atoms with E-state index in [0.29, 0.717) is 0 Å². The Balaban J connectivity index is 3.23. The largest absolute Gasteiger partial charge is 0.295 e. The van der Waals surface area contributed by atoms with Gasteiger partial charge in [-0.1, -0.05) is 17.7 Å². The third-order valence-electron chi connectivity index (χ3n) is 1.42. The first-order chi connectivity index (χ1) is 5.56. The zero-order valence-corrected chi connectivity index (χ0v) is 8.10. The highest BCUT2D eigenvalue weighted by Crippen LogP contribution is 2.20. The van der Waals surface area contributed by atoms with Crippen molar-refractivity contribution in [2.45, 2.75) is 11.8 Å². The molecule has 3 nitrogen and oxygen atoms in total. The molecule has 0 radical (unpaired) electrons. The molecule has 64 valence electrons. The van der Waals surface area contributed by atoms with Crippen molar-refractivity contribution in [3.8, 4) is 0 Å². The maximum atomic E-state index is 11.0. The lowest BCUT2D eigenvalue weighted by atomic mass is 10.2. The average Bonchev–Trinajstić information content (AvgIpc) is 2.05. The van der Waals surface area contributed by atoms with E-state index in [-0.39, 0.29) is 4.90 Å². The molecule has 0 aliphatic carbocycles. The van der Waals surface area contributed by atoms with E-state index in [4.69, 9.17) is 0 Å². The van der Waals surface area contributed by atoms with E-state index in [2.05, 4.69) is 0 Å². The summed E-state index contributed by atoms with van der Waals surface area (Å²) in [7, 11) is -4.45. The van der Waals surface area contributed by atoms with E-state index >= 15 is 0 Å². The molecule has 1 aromatic rings. The summed E-state index contributed by atoms with van der Waals surface area (Å²) >= 11 is 0. The van der Waals surface area contributed by atoms with Crippen LogP contribution in [-0.2, 0) is 14.0 Å². The summed E-state index contributed by atoms with van der Waals surface area (Å²) in [5.41, 5.74) is 0.969. The molecular formula is C7H7O3PS. The van der Waals surface area contributed by atoms with Crippen LogP contribution in [0.2, 0.25) is 0 Å². The molecule has 0 atom stereocenters. The Labute approximate surface area is 72.3 Å². The summed E-state index contributed by atoms with van der Waals surface area (Å²) in [4.78, 5) is 0.0877. The standard InChI is InChI=1S/C7H7O3PS/c1-6-2-4-7(5-3-6)12(9,10)11-8/h2-5H,1H3. The molecule has 0 aliphatic rings. The second-order valence-electron chi connectivity index (χ2n) is 2.36. The maximum Gasteiger partial charge on any atom is 0.295 e. The number of aryl methyl sites for hydroxylation is 1. The fourth-order valence-electron chi connectivity index (χ4n) is 0.753. The summed E-state index contributed by atoms with van der Waals surface area (Å²) < 4.78 is 32.2. The molecule has 5 heteroatoms. The summed E-state index contributed by atoms with van der Waals surface area (Å²) in [6.07, 6.45) is 0. The van der Waals surface area contributed by atoms with Crippen molar-refractivity contribution in [1.82, 2.24) is 0 Å². The van der Waals surface area contributed by atoms with E-state index < -0.39 is 17.1 Å². The van der Waals surface area contributed by atoms with Gasteiger partial charge in [0.25, 0.3) is 17.1 Å². The van der Waals surface area contributed by atoms with Crippen molar-refractivity contribution in [2.24, 2.45) is 0 Å². The van der Waals surface area contributed by atoms with E-state index in [0.717, 1.165) is 5.56 Å². The van der Waals surface area contributed by atoms with Crippen LogP contribution in [-0.4, -0.2) is 8.42 Å². The van der Waals surface area contributed by atoms with Crippen molar-refractivity contribution in [3.05, 3.63) is 29.8 Å². The van der Waals surface area contributed by atoms with Crippen LogP contribution in [0, 0.1) is 6.92 Å². The van der Waals surface area contributed by atoms with Gasteiger partial charge in [0.2, 0.25) is 0 Å². The fraction of sp³-hybridized carbons (Fsp3) is 0.143. The van der Waals surface area contributed by atoms with Gasteiger partial charge < -0.3 is 0 Å². The second kappa shape index (κ2) is 3.33. The summed E-state index contributed by atoms with van der Waals surface area (Å²) in [6.45, 7) is 1.85. The molecule has 1 rings (SSSR count). The highest BCUT2D eigenvalue weighted by Gasteiger charge is 2.12. The lowest BCUT2D eigenvalue weighted by Crippen LogP contribution is -1.89. The number of benzene rings is 1. The first kappa shape index (κ1) is 9.36. The first-order valence-electron chi connectivity index (χ1n) is 3.22. The van der Waals surface area contributed by atoms with Crippen LogP contribution in [0.15, 0.2) is 29.2 Å². The van der Waals surface area contributed by atoms with Crippen LogP contribution >= 0.6 is 7.66 Å². The molecule has 12 heavy (non-hydrogen) atoms. The quantitative estimate of drug-likeness (QED) is 0.689. The molecule has 0 unspecified atom stereocenters. The number of rotatable bonds is 2. The van der Waals surface area contributed by atoms with Crippen LogP contribution in [0.4, 0.5) is 0 Å². The minimum Gasteiger partial charge on any atom is -0.256 e. The van der Waals surface area contributed by atoms with Gasteiger partial charge in [-0.15, -0.1) is 0 Å². The van der Waals surface area contributed by atoms with Gasteiger partial charge in [0.15, 0.2) is 0 Å². The van der Waals surface area contributed by atoms with Crippen LogP contribution in [0.5, 0.6) is 0 Å². The molecule has 0 amide bonds. The van der Waals surface area contributed by atoms with Crippen molar-refractivity contribution < 1.29 is 13.0 Å². The van der Waals surface area contributed by atoms with E-state index in [1.54, 1.807) is 12.1 Å². The van der Waals surface area contributed by atoms with Gasteiger partial charge in [0.1, 0.15) is 0 Å². The Bertz CT molecular complexity index is 380. The summed E-state index contributed by atoms with van der Waals surface area (Å²) in [6, 6.07) is 6.21. The van der Waals surface area contributed by atoms with Crippen molar-refractivity contribution in [2.75, 3.05) is 0 Å². The molecular weight excluding hydrogens is 195 g/mol. The Morgan fingerprint density at radius 2 is 1.67 bits per heavy atom. The molecule has 0 aliphatic heterocycles. The Hall–Kier alpha value is -0.730. The molecule has 1 aromatic carbocycles. The van der Waals surface area contributed by atoms with Crippen molar-refractivity contribution in [1.29, 1.82) is 0 Å². The lowest BCUT2D eigenvalue weighted by Gasteiger charge is -1.95. The monoisotopic (exact) mass is 202 g/mol. The minimum atomic E-state index is -3.60. The van der Waals surface area contributed by atoms with Gasteiger partial charge in [0.05, 0.1) is 4.90 Å². The fourth-order valence-corrected chi connectivity index (χ4v) is 1.94. The third-order valence-corrected chi connectivity index (χ3v) is 3.70. The van der Waals surface area contributed by atoms with Gasteiger partial charge in [-0.25, -0.2) is 8.42 Å². The zero-order valence-electron chi connectivity index (χ0n) is 6.39. The van der Waals surface area contributed by atoms with Gasteiger partial charge in [0, 0.05) is 0 Å². The van der Waals surface area contributed by atoms with Crippen LogP contribution in [0.25, 0.3) is 0 Å². The minimum absolute atomic E-state index is 0.0877. The van der Waals surface area contributed by atoms with E-state index in [1.807, 2.05) is 6.92 Å². The highest BCUT2D eigenvalue weighted by atomic mass is 32.7. The molecule has 0 N–H and O–H groups in total. The molecule has 0 saturated heterocycles. The second-order valence-corrected chi connectivity index (χ2v) is 5.82. The summed E-state index contributed by atoms with van der Waals surface area (Å²) in [5.74, 6) is 0. The van der Waals surface area contributed by atoms with Crippen molar-refractivity contribution >= 4 is 17.1 Å². The van der Waals surface area contributed by atoms with Gasteiger partial charge in [-0.05, 0) is 19.1 Å². The lowest BCUT2D eigenvalue weighted by molar-refractivity contribution is 0.588. The molecule has 0 heterocycles. The molecule has 0 saturated carbocycles. The first-order valence-corrected chi connectivity index (χ1v) is 6.12. The summed E-state index contributed by atoms with van der Waals surface area (Å²) in [5, 5.41) is 0. The number of hydrogen-bond acceptors (Lipinski definition) is 3.